The first-order valence-electron chi connectivity index (χ1n) is 3.53. The van der Waals surface area contributed by atoms with Crippen LogP contribution in [0, 0.1) is 10.1 Å². The number of nitrogens with zero attached hydrogens (tertiary/aromatic N) is 4. The fourth-order valence-electron chi connectivity index (χ4n) is 0.754. The van der Waals surface area contributed by atoms with Crippen LogP contribution in [0.4, 0.5) is 5.95 Å². The smallest absolute Gasteiger partial charge is 0.390 e. The molecular weight excluding hydrogens is 279 g/mol. The molecule has 1 aromatic heterocycles. The van der Waals surface area contributed by atoms with Crippen molar-refractivity contribution in [3.63, 3.8) is 0 Å². The SMILES string of the molecule is O=[N+]([O-])c1nc(Br)n(CC(O)CCl)n1. The topological polar surface area (TPSA) is 94.1 Å². The first-order chi connectivity index (χ1) is 6.54. The van der Waals surface area contributed by atoms with E-state index < -0.39 is 17.0 Å². The molecule has 0 bridgehead atoms. The zero-order valence-electron chi connectivity index (χ0n) is 6.80. The van der Waals surface area contributed by atoms with Gasteiger partial charge in [0, 0.05) is 21.0 Å². The molecule has 0 radical (unpaired) electrons. The highest BCUT2D eigenvalue weighted by Gasteiger charge is 2.20. The summed E-state index contributed by atoms with van der Waals surface area (Å²) < 4.78 is 1.36. The number of hydrogen-bond donors (Lipinski definition) is 1. The average molecular weight is 285 g/mol. The summed E-state index contributed by atoms with van der Waals surface area (Å²) in [6, 6.07) is 0. The van der Waals surface area contributed by atoms with Gasteiger partial charge in [-0.1, -0.05) is 0 Å². The Labute approximate surface area is 92.0 Å². The van der Waals surface area contributed by atoms with Gasteiger partial charge in [0.25, 0.3) is 4.73 Å². The number of halogens is 2. The van der Waals surface area contributed by atoms with Crippen molar-refractivity contribution in [3.05, 3.63) is 14.8 Å². The van der Waals surface area contributed by atoms with E-state index in [2.05, 4.69) is 26.0 Å². The van der Waals surface area contributed by atoms with Crippen LogP contribution in [0.15, 0.2) is 4.73 Å². The molecule has 1 aromatic rings. The number of nitro groups is 1. The second-order valence-electron chi connectivity index (χ2n) is 2.43. The quantitative estimate of drug-likeness (QED) is 0.495. The number of aliphatic hydroxyl groups excluding tert-OH is 1. The van der Waals surface area contributed by atoms with Gasteiger partial charge in [-0.2, -0.15) is 4.68 Å². The molecule has 1 atom stereocenters. The van der Waals surface area contributed by atoms with E-state index >= 15 is 0 Å². The lowest BCUT2D eigenvalue weighted by molar-refractivity contribution is -0.394. The largest absolute Gasteiger partial charge is 0.492 e. The van der Waals surface area contributed by atoms with Gasteiger partial charge in [-0.15, -0.1) is 11.6 Å². The van der Waals surface area contributed by atoms with Gasteiger partial charge in [0.05, 0.1) is 18.5 Å². The van der Waals surface area contributed by atoms with Crippen LogP contribution in [0.25, 0.3) is 0 Å². The molecule has 0 spiro atoms. The lowest BCUT2D eigenvalue weighted by atomic mass is 10.4. The molecule has 0 saturated carbocycles. The van der Waals surface area contributed by atoms with Crippen molar-refractivity contribution in [3.8, 4) is 0 Å². The zero-order valence-corrected chi connectivity index (χ0v) is 9.14. The Balaban J connectivity index is 2.82. The minimum Gasteiger partial charge on any atom is -0.390 e. The number of aliphatic hydroxyl groups is 1. The predicted molar refractivity (Wildman–Crippen MR) is 51.1 cm³/mol. The van der Waals surface area contributed by atoms with E-state index in [1.165, 1.54) is 4.68 Å². The highest BCUT2D eigenvalue weighted by Crippen LogP contribution is 2.12. The molecule has 0 aliphatic rings. The molecule has 1 unspecified atom stereocenters. The van der Waals surface area contributed by atoms with Crippen molar-refractivity contribution in [1.82, 2.24) is 14.8 Å². The Morgan fingerprint density at radius 3 is 2.86 bits per heavy atom. The number of hydrogen-bond acceptors (Lipinski definition) is 5. The summed E-state index contributed by atoms with van der Waals surface area (Å²) in [7, 11) is 0. The maximum Gasteiger partial charge on any atom is 0.492 e. The minimum atomic E-state index is -0.811. The third-order valence-electron chi connectivity index (χ3n) is 1.34. The summed E-state index contributed by atoms with van der Waals surface area (Å²) in [5, 5.41) is 23.0. The van der Waals surface area contributed by atoms with Gasteiger partial charge >= 0.3 is 5.95 Å². The lowest BCUT2D eigenvalue weighted by Gasteiger charge is -2.02. The molecule has 7 nitrogen and oxygen atoms in total. The maximum absolute atomic E-state index is 10.3. The fourth-order valence-corrected chi connectivity index (χ4v) is 1.23. The lowest BCUT2D eigenvalue weighted by Crippen LogP contribution is -2.18. The molecule has 0 aliphatic heterocycles. The van der Waals surface area contributed by atoms with E-state index in [0.717, 1.165) is 0 Å². The average Bonchev–Trinajstić information content (AvgIpc) is 2.48. The first kappa shape index (κ1) is 11.3. The number of alkyl halides is 1. The molecule has 0 saturated heterocycles. The Bertz CT molecular complexity index is 344. The summed E-state index contributed by atoms with van der Waals surface area (Å²) in [4.78, 5) is 13.1. The van der Waals surface area contributed by atoms with Gasteiger partial charge in [0.1, 0.15) is 0 Å². The third kappa shape index (κ3) is 2.63. The number of aromatic nitrogens is 3. The van der Waals surface area contributed by atoms with Crippen LogP contribution in [0.1, 0.15) is 0 Å². The van der Waals surface area contributed by atoms with Crippen LogP contribution in [-0.4, -0.2) is 36.8 Å². The second kappa shape index (κ2) is 4.67. The normalized spacial score (nSPS) is 12.8. The summed E-state index contributed by atoms with van der Waals surface area (Å²) in [6.45, 7) is 0.0604. The van der Waals surface area contributed by atoms with E-state index in [0.29, 0.717) is 0 Å². The maximum atomic E-state index is 10.3. The van der Waals surface area contributed by atoms with Gasteiger partial charge in [0.15, 0.2) is 0 Å². The molecule has 1 rings (SSSR count). The Hall–Kier alpha value is -0.730. The fraction of sp³-hybridized carbons (Fsp3) is 0.600. The Kier molecular flexibility index (Phi) is 3.78. The highest BCUT2D eigenvalue weighted by molar-refractivity contribution is 9.10. The molecule has 0 amide bonds. The van der Waals surface area contributed by atoms with E-state index in [1.54, 1.807) is 0 Å². The van der Waals surface area contributed by atoms with E-state index in [4.69, 9.17) is 11.6 Å². The minimum absolute atomic E-state index is 0.0279. The predicted octanol–water partition coefficient (Wildman–Crippen LogP) is 0.548. The van der Waals surface area contributed by atoms with E-state index in [1.807, 2.05) is 0 Å². The summed E-state index contributed by atoms with van der Waals surface area (Å²) in [5.41, 5.74) is 0. The van der Waals surface area contributed by atoms with Crippen LogP contribution in [-0.2, 0) is 6.54 Å². The monoisotopic (exact) mass is 284 g/mol. The van der Waals surface area contributed by atoms with Crippen molar-refractivity contribution in [2.75, 3.05) is 5.88 Å². The third-order valence-corrected chi connectivity index (χ3v) is 2.28. The molecule has 0 aromatic carbocycles. The van der Waals surface area contributed by atoms with Gasteiger partial charge in [-0.3, -0.25) is 0 Å². The molecular formula is C5H6BrClN4O3. The highest BCUT2D eigenvalue weighted by atomic mass is 79.9. The van der Waals surface area contributed by atoms with Crippen LogP contribution in [0.5, 0.6) is 0 Å². The Morgan fingerprint density at radius 2 is 2.43 bits per heavy atom. The van der Waals surface area contributed by atoms with Crippen LogP contribution >= 0.6 is 27.5 Å². The van der Waals surface area contributed by atoms with Crippen LogP contribution in [0.3, 0.4) is 0 Å². The number of rotatable bonds is 4. The van der Waals surface area contributed by atoms with Crippen molar-refractivity contribution in [1.29, 1.82) is 0 Å². The van der Waals surface area contributed by atoms with Crippen molar-refractivity contribution in [2.45, 2.75) is 12.6 Å². The van der Waals surface area contributed by atoms with Gasteiger partial charge < -0.3 is 15.2 Å². The molecule has 9 heteroatoms. The van der Waals surface area contributed by atoms with Crippen molar-refractivity contribution >= 4 is 33.5 Å². The van der Waals surface area contributed by atoms with Gasteiger partial charge in [0.2, 0.25) is 0 Å². The molecule has 0 aliphatic carbocycles. The molecule has 0 fully saturated rings. The molecule has 1 heterocycles. The van der Waals surface area contributed by atoms with Crippen molar-refractivity contribution in [2.24, 2.45) is 0 Å². The Morgan fingerprint density at radius 1 is 1.79 bits per heavy atom. The standard InChI is InChI=1S/C5H6BrClN4O3/c6-4-8-5(11(13)14)9-10(4)2-3(12)1-7/h3,12H,1-2H2. The summed E-state index contributed by atoms with van der Waals surface area (Å²) >= 11 is 8.34. The van der Waals surface area contributed by atoms with Crippen LogP contribution < -0.4 is 0 Å². The second-order valence-corrected chi connectivity index (χ2v) is 3.45. The van der Waals surface area contributed by atoms with E-state index in [-0.39, 0.29) is 17.2 Å². The summed E-state index contributed by atoms with van der Waals surface area (Å²) in [6.07, 6.45) is -0.811. The summed E-state index contributed by atoms with van der Waals surface area (Å²) in [5.74, 6) is -0.487. The van der Waals surface area contributed by atoms with Gasteiger partial charge in [-0.25, -0.2) is 0 Å². The zero-order chi connectivity index (χ0) is 10.7. The van der Waals surface area contributed by atoms with Crippen molar-refractivity contribution < 1.29 is 10.0 Å². The first-order valence-corrected chi connectivity index (χ1v) is 4.86. The molecule has 78 valence electrons. The van der Waals surface area contributed by atoms with Gasteiger partial charge in [-0.05, 0) is 9.91 Å². The molecule has 1 N–H and O–H groups in total. The van der Waals surface area contributed by atoms with Crippen LogP contribution in [0.2, 0.25) is 0 Å². The van der Waals surface area contributed by atoms with E-state index in [9.17, 15) is 15.2 Å². The molecule has 14 heavy (non-hydrogen) atoms.